The van der Waals surface area contributed by atoms with E-state index in [4.69, 9.17) is 11.6 Å². The maximum absolute atomic E-state index is 14.1. The standard InChI is InChI=1S/C19H10ClF3N8O2S/c20-13-5-10(6-24-17(13)31-25-2-3-26-31)28-18(32)12-7-27-30(16(12)19(21,22)23)14-8-29(33)9-15-11(14)1-4-34-15/h1-9H,(H,28,32). The minimum Gasteiger partial charge on any atom is -0.619 e. The van der Waals surface area contributed by atoms with Crippen LogP contribution in [-0.2, 0) is 6.18 Å². The Labute approximate surface area is 196 Å². The van der Waals surface area contributed by atoms with Crippen LogP contribution >= 0.6 is 22.9 Å². The Balaban J connectivity index is 1.53. The van der Waals surface area contributed by atoms with Crippen LogP contribution in [0.4, 0.5) is 18.9 Å². The van der Waals surface area contributed by atoms with Crippen LogP contribution in [0.2, 0.25) is 5.02 Å². The maximum atomic E-state index is 14.1. The minimum absolute atomic E-state index is 0.0455. The Bertz CT molecular complexity index is 1530. The molecule has 0 unspecified atom stereocenters. The van der Waals surface area contributed by atoms with Gasteiger partial charge in [0.25, 0.3) is 5.91 Å². The van der Waals surface area contributed by atoms with Crippen molar-refractivity contribution >= 4 is 44.6 Å². The van der Waals surface area contributed by atoms with Gasteiger partial charge in [-0.1, -0.05) is 11.6 Å². The van der Waals surface area contributed by atoms with Crippen molar-refractivity contribution in [3.63, 3.8) is 0 Å². The van der Waals surface area contributed by atoms with E-state index in [0.29, 0.717) is 19.5 Å². The molecule has 0 bridgehead atoms. The Morgan fingerprint density at radius 3 is 2.65 bits per heavy atom. The predicted molar refractivity (Wildman–Crippen MR) is 115 cm³/mol. The summed E-state index contributed by atoms with van der Waals surface area (Å²) in [6.07, 6.45) is 2.06. The lowest BCUT2D eigenvalue weighted by molar-refractivity contribution is -0.603. The quantitative estimate of drug-likeness (QED) is 0.294. The fourth-order valence-corrected chi connectivity index (χ4v) is 4.34. The number of anilines is 1. The summed E-state index contributed by atoms with van der Waals surface area (Å²) in [6.45, 7) is 0. The number of nitrogens with one attached hydrogen (secondary N) is 1. The number of alkyl halides is 3. The maximum Gasteiger partial charge on any atom is 0.434 e. The molecule has 0 saturated heterocycles. The van der Waals surface area contributed by atoms with Gasteiger partial charge >= 0.3 is 6.18 Å². The molecule has 5 aromatic heterocycles. The lowest BCUT2D eigenvalue weighted by Crippen LogP contribution is -2.27. The molecular weight excluding hydrogens is 497 g/mol. The van der Waals surface area contributed by atoms with E-state index in [2.05, 4.69) is 25.6 Å². The SMILES string of the molecule is O=C(Nc1cnc(-n2nccn2)c(Cl)c1)c1cnn(-c2c[n+]([O-])cc3sccc23)c1C(F)(F)F. The third-order valence-corrected chi connectivity index (χ3v) is 5.79. The monoisotopic (exact) mass is 506 g/mol. The summed E-state index contributed by atoms with van der Waals surface area (Å²) in [5, 5.41) is 27.9. The van der Waals surface area contributed by atoms with Crippen LogP contribution in [-0.4, -0.2) is 35.7 Å². The normalized spacial score (nSPS) is 11.8. The third kappa shape index (κ3) is 3.82. The van der Waals surface area contributed by atoms with Crippen LogP contribution in [0.5, 0.6) is 0 Å². The van der Waals surface area contributed by atoms with E-state index in [-0.39, 0.29) is 22.2 Å². The summed E-state index contributed by atoms with van der Waals surface area (Å²) >= 11 is 7.34. The number of nitrogens with zero attached hydrogens (tertiary/aromatic N) is 7. The van der Waals surface area contributed by atoms with E-state index in [1.165, 1.54) is 42.2 Å². The van der Waals surface area contributed by atoms with Crippen LogP contribution in [0.3, 0.4) is 0 Å². The number of fused-ring (bicyclic) bond motifs is 1. The van der Waals surface area contributed by atoms with E-state index < -0.39 is 23.3 Å². The molecule has 0 spiro atoms. The number of carbonyl (C=O) groups excluding carboxylic acids is 1. The van der Waals surface area contributed by atoms with Gasteiger partial charge in [0.1, 0.15) is 10.4 Å². The van der Waals surface area contributed by atoms with Gasteiger partial charge in [-0.2, -0.15) is 33.2 Å². The second kappa shape index (κ2) is 8.07. The van der Waals surface area contributed by atoms with E-state index >= 15 is 0 Å². The molecule has 0 aliphatic carbocycles. The van der Waals surface area contributed by atoms with Gasteiger partial charge < -0.3 is 10.5 Å². The molecule has 34 heavy (non-hydrogen) atoms. The summed E-state index contributed by atoms with van der Waals surface area (Å²) < 4.78 is 43.6. The number of halogens is 4. The van der Waals surface area contributed by atoms with Crippen molar-refractivity contribution in [1.29, 1.82) is 0 Å². The molecule has 0 aliphatic heterocycles. The van der Waals surface area contributed by atoms with E-state index in [1.54, 1.807) is 11.4 Å². The number of hydrogen-bond acceptors (Lipinski definition) is 7. The number of hydrogen-bond donors (Lipinski definition) is 1. The Kier molecular flexibility index (Phi) is 5.17. The lowest BCUT2D eigenvalue weighted by Gasteiger charge is -2.13. The molecule has 0 fully saturated rings. The van der Waals surface area contributed by atoms with Crippen LogP contribution in [0.15, 0.2) is 54.7 Å². The first-order chi connectivity index (χ1) is 16.2. The number of amides is 1. The van der Waals surface area contributed by atoms with Gasteiger partial charge in [0.05, 0.1) is 41.1 Å². The first kappa shape index (κ1) is 21.8. The summed E-state index contributed by atoms with van der Waals surface area (Å²) in [6, 6.07) is 2.87. The molecule has 0 radical (unpaired) electrons. The molecule has 5 aromatic rings. The topological polar surface area (TPSA) is 117 Å². The average molecular weight is 507 g/mol. The highest BCUT2D eigenvalue weighted by Gasteiger charge is 2.41. The lowest BCUT2D eigenvalue weighted by atomic mass is 10.2. The molecule has 5 heterocycles. The molecule has 172 valence electrons. The van der Waals surface area contributed by atoms with Crippen LogP contribution in [0.1, 0.15) is 16.1 Å². The molecule has 0 atom stereocenters. The van der Waals surface area contributed by atoms with Crippen molar-refractivity contribution in [2.45, 2.75) is 6.18 Å². The van der Waals surface area contributed by atoms with Gasteiger partial charge in [0, 0.05) is 5.39 Å². The highest BCUT2D eigenvalue weighted by molar-refractivity contribution is 7.17. The summed E-state index contributed by atoms with van der Waals surface area (Å²) in [7, 11) is 0. The van der Waals surface area contributed by atoms with Crippen LogP contribution in [0, 0.1) is 5.21 Å². The van der Waals surface area contributed by atoms with Crippen molar-refractivity contribution < 1.29 is 22.7 Å². The summed E-state index contributed by atoms with van der Waals surface area (Å²) in [4.78, 5) is 18.0. The van der Waals surface area contributed by atoms with Gasteiger partial charge in [-0.05, 0) is 17.5 Å². The largest absolute Gasteiger partial charge is 0.619 e. The Hall–Kier alpha value is -4.04. The smallest absolute Gasteiger partial charge is 0.434 e. The molecule has 0 aliphatic rings. The van der Waals surface area contributed by atoms with Gasteiger partial charge in [-0.3, -0.25) is 4.79 Å². The number of pyridine rings is 2. The minimum atomic E-state index is -4.96. The van der Waals surface area contributed by atoms with E-state index in [1.807, 2.05) is 0 Å². The third-order valence-electron chi connectivity index (χ3n) is 4.66. The second-order valence-electron chi connectivity index (χ2n) is 6.82. The fourth-order valence-electron chi connectivity index (χ4n) is 3.28. The van der Waals surface area contributed by atoms with Crippen LogP contribution in [0.25, 0.3) is 21.6 Å². The summed E-state index contributed by atoms with van der Waals surface area (Å²) in [5.74, 6) is -0.919. The molecule has 0 aromatic carbocycles. The first-order valence-electron chi connectivity index (χ1n) is 9.31. The van der Waals surface area contributed by atoms with E-state index in [0.717, 1.165) is 17.2 Å². The Morgan fingerprint density at radius 2 is 1.94 bits per heavy atom. The van der Waals surface area contributed by atoms with Gasteiger partial charge in [-0.15, -0.1) is 16.1 Å². The number of carbonyl (C=O) groups is 1. The molecule has 1 N–H and O–H groups in total. The average Bonchev–Trinajstić information content (AvgIpc) is 3.52. The Morgan fingerprint density at radius 1 is 1.18 bits per heavy atom. The molecular formula is C19H10ClF3N8O2S. The molecule has 15 heteroatoms. The summed E-state index contributed by atoms with van der Waals surface area (Å²) in [5.41, 5.74) is -2.14. The molecule has 1 amide bonds. The van der Waals surface area contributed by atoms with Gasteiger partial charge in [0.2, 0.25) is 6.20 Å². The molecule has 5 rings (SSSR count). The highest BCUT2D eigenvalue weighted by atomic mass is 35.5. The zero-order valence-electron chi connectivity index (χ0n) is 16.6. The number of rotatable bonds is 4. The van der Waals surface area contributed by atoms with Crippen molar-refractivity contribution in [3.05, 3.63) is 76.2 Å². The number of aromatic nitrogens is 7. The zero-order valence-corrected chi connectivity index (χ0v) is 18.1. The predicted octanol–water partition coefficient (Wildman–Crippen LogP) is 3.62. The fraction of sp³-hybridized carbons (Fsp3) is 0.0526. The molecule has 10 nitrogen and oxygen atoms in total. The highest BCUT2D eigenvalue weighted by Crippen LogP contribution is 2.36. The van der Waals surface area contributed by atoms with Crippen molar-refractivity contribution in [2.75, 3.05) is 5.32 Å². The van der Waals surface area contributed by atoms with Gasteiger partial charge in [0.15, 0.2) is 17.7 Å². The second-order valence-corrected chi connectivity index (χ2v) is 8.18. The van der Waals surface area contributed by atoms with E-state index in [9.17, 15) is 23.2 Å². The molecule has 0 saturated carbocycles. The van der Waals surface area contributed by atoms with Crippen LogP contribution < -0.4 is 10.0 Å². The van der Waals surface area contributed by atoms with Crippen molar-refractivity contribution in [1.82, 2.24) is 29.8 Å². The van der Waals surface area contributed by atoms with Gasteiger partial charge in [-0.25, -0.2) is 9.67 Å². The van der Waals surface area contributed by atoms with Crippen molar-refractivity contribution in [3.8, 4) is 11.5 Å². The zero-order chi connectivity index (χ0) is 24.0. The first-order valence-corrected chi connectivity index (χ1v) is 10.6. The number of thiophene rings is 1. The van der Waals surface area contributed by atoms with Crippen molar-refractivity contribution in [2.24, 2.45) is 0 Å².